The van der Waals surface area contributed by atoms with E-state index in [4.69, 9.17) is 0 Å². The van der Waals surface area contributed by atoms with E-state index < -0.39 is 0 Å². The van der Waals surface area contributed by atoms with Crippen LogP contribution in [0.25, 0.3) is 11.1 Å². The second kappa shape index (κ2) is 15.2. The Balaban J connectivity index is 0.000000207. The van der Waals surface area contributed by atoms with Crippen molar-refractivity contribution in [3.63, 3.8) is 0 Å². The second-order valence-electron chi connectivity index (χ2n) is 9.37. The van der Waals surface area contributed by atoms with Crippen LogP contribution in [0.3, 0.4) is 0 Å². The molecular formula is C35H32Cl2Zr-2. The predicted octanol–water partition coefficient (Wildman–Crippen LogP) is 2.51. The monoisotopic (exact) mass is 612 g/mol. The molecule has 38 heavy (non-hydrogen) atoms. The van der Waals surface area contributed by atoms with Gasteiger partial charge in [-0.25, -0.2) is 0 Å². The number of hydrogen-bond acceptors (Lipinski definition) is 0. The van der Waals surface area contributed by atoms with Gasteiger partial charge in [0.2, 0.25) is 0 Å². The number of benzene rings is 4. The fourth-order valence-electron chi connectivity index (χ4n) is 4.35. The Morgan fingerprint density at radius 3 is 1.71 bits per heavy atom. The van der Waals surface area contributed by atoms with Crippen LogP contribution in [0.2, 0.25) is 0 Å². The molecule has 6 rings (SSSR count). The number of fused-ring (bicyclic) bond motifs is 3. The van der Waals surface area contributed by atoms with E-state index in [0.29, 0.717) is 0 Å². The van der Waals surface area contributed by atoms with Gasteiger partial charge in [-0.05, 0) is 18.9 Å². The van der Waals surface area contributed by atoms with Crippen LogP contribution in [0.4, 0.5) is 0 Å². The van der Waals surface area contributed by atoms with Crippen molar-refractivity contribution in [1.29, 1.82) is 0 Å². The third-order valence-corrected chi connectivity index (χ3v) is 7.95. The van der Waals surface area contributed by atoms with Crippen molar-refractivity contribution in [3.05, 3.63) is 160 Å². The van der Waals surface area contributed by atoms with Gasteiger partial charge in [0.25, 0.3) is 0 Å². The third-order valence-electron chi connectivity index (χ3n) is 6.53. The summed E-state index contributed by atoms with van der Waals surface area (Å²) in [5.74, 6) is 0. The van der Waals surface area contributed by atoms with Gasteiger partial charge in [-0.2, -0.15) is 53.1 Å². The molecule has 1 aliphatic rings. The first-order chi connectivity index (χ1) is 17.4. The summed E-state index contributed by atoms with van der Waals surface area (Å²) < 4.78 is 1.42. The Labute approximate surface area is 255 Å². The van der Waals surface area contributed by atoms with E-state index in [1.54, 1.807) is 0 Å². The molecule has 0 fully saturated rings. The summed E-state index contributed by atoms with van der Waals surface area (Å²) in [4.78, 5) is 0. The molecule has 0 saturated heterocycles. The number of hydrogen-bond donors (Lipinski definition) is 0. The Hall–Kier alpha value is -2.44. The molecule has 0 nitrogen and oxygen atoms in total. The van der Waals surface area contributed by atoms with Crippen LogP contribution in [0, 0.1) is 33.8 Å². The van der Waals surface area contributed by atoms with Crippen LogP contribution in [-0.4, -0.2) is 3.21 Å². The Morgan fingerprint density at radius 1 is 0.684 bits per heavy atom. The van der Waals surface area contributed by atoms with Crippen LogP contribution < -0.4 is 24.8 Å². The summed E-state index contributed by atoms with van der Waals surface area (Å²) in [6, 6.07) is 42.0. The molecule has 1 aliphatic carbocycles. The van der Waals surface area contributed by atoms with Gasteiger partial charge in [-0.3, -0.25) is 0 Å². The van der Waals surface area contributed by atoms with Crippen LogP contribution in [0.15, 0.2) is 109 Å². The van der Waals surface area contributed by atoms with Crippen LogP contribution in [-0.2, 0) is 30.7 Å². The Bertz CT molecular complexity index is 1340. The molecule has 0 unspecified atom stereocenters. The van der Waals surface area contributed by atoms with Gasteiger partial charge in [-0.15, -0.1) is 11.1 Å². The first-order valence-electron chi connectivity index (χ1n) is 12.4. The molecule has 0 atom stereocenters. The molecule has 192 valence electrons. The van der Waals surface area contributed by atoms with E-state index in [0.717, 1.165) is 6.42 Å². The summed E-state index contributed by atoms with van der Waals surface area (Å²) in [6.07, 6.45) is 1.05. The SMILES string of the molecule is Cc1[c-]c2c(cc1)-c1ccc(C)cc1C2.Cc1c[cH-]cc1C.[Cl-].[Cl-].[Zr+2]=[C](c1ccccc1)c1ccccc1. The Kier molecular flexibility index (Phi) is 12.7. The standard InChI is InChI=1S/C15H13.C13H10.C7H9.2ClH.Zr/c1-10-3-5-14-12(7-10)9-13-8-11(2)4-6-15(13)14;1-3-7-12(8-4-1)11-13-9-5-2-6-10-13;1-6-4-3-5-7(6)2;;;/h3-7H,9H2,1-2H3;1-10H;3-5H,1-2H3;2*1H;/q-1;;-1;;;+2/p-2. The van der Waals surface area contributed by atoms with Crippen molar-refractivity contribution in [2.45, 2.75) is 34.1 Å². The predicted molar refractivity (Wildman–Crippen MR) is 151 cm³/mol. The fraction of sp³-hybridized carbons (Fsp3) is 0.143. The maximum atomic E-state index is 3.45. The zero-order valence-corrected chi connectivity index (χ0v) is 26.3. The van der Waals surface area contributed by atoms with Crippen LogP contribution in [0.1, 0.15) is 44.5 Å². The normalized spacial score (nSPS) is 10.3. The molecule has 0 radical (unpaired) electrons. The van der Waals surface area contributed by atoms with Crippen molar-refractivity contribution in [2.24, 2.45) is 0 Å². The van der Waals surface area contributed by atoms with Gasteiger partial charge in [0.1, 0.15) is 0 Å². The molecule has 3 heteroatoms. The summed E-state index contributed by atoms with van der Waals surface area (Å²) in [5.41, 5.74) is 13.6. The summed E-state index contributed by atoms with van der Waals surface area (Å²) in [6.45, 7) is 8.50. The minimum atomic E-state index is 0. The van der Waals surface area contributed by atoms with E-state index in [9.17, 15) is 0 Å². The molecule has 0 aromatic heterocycles. The van der Waals surface area contributed by atoms with Crippen molar-refractivity contribution in [2.75, 3.05) is 0 Å². The summed E-state index contributed by atoms with van der Waals surface area (Å²) in [5, 5.41) is 0. The first-order valence-corrected chi connectivity index (χ1v) is 13.7. The third kappa shape index (κ3) is 8.28. The fourth-order valence-corrected chi connectivity index (χ4v) is 5.16. The number of halogens is 2. The molecule has 0 amide bonds. The average Bonchev–Trinajstić information content (AvgIpc) is 3.45. The molecule has 0 heterocycles. The average molecular weight is 615 g/mol. The van der Waals surface area contributed by atoms with Crippen molar-refractivity contribution in [3.8, 4) is 11.1 Å². The first kappa shape index (κ1) is 31.8. The Morgan fingerprint density at radius 2 is 1.21 bits per heavy atom. The van der Waals surface area contributed by atoms with Gasteiger partial charge >= 0.3 is 99.2 Å². The molecule has 0 aliphatic heterocycles. The summed E-state index contributed by atoms with van der Waals surface area (Å²) >= 11 is 1.46. The number of aryl methyl sites for hydroxylation is 4. The number of rotatable bonds is 2. The topological polar surface area (TPSA) is 0 Å². The molecule has 5 aromatic rings. The second-order valence-corrected chi connectivity index (χ2v) is 10.6. The van der Waals surface area contributed by atoms with Crippen molar-refractivity contribution >= 4 is 3.21 Å². The molecule has 0 saturated carbocycles. The van der Waals surface area contributed by atoms with E-state index in [2.05, 4.69) is 143 Å². The van der Waals surface area contributed by atoms with Crippen molar-refractivity contribution in [1.82, 2.24) is 0 Å². The van der Waals surface area contributed by atoms with Gasteiger partial charge in [0.05, 0.1) is 0 Å². The minimum absolute atomic E-state index is 0. The van der Waals surface area contributed by atoms with E-state index in [1.807, 2.05) is 0 Å². The van der Waals surface area contributed by atoms with E-state index in [1.165, 1.54) is 83.1 Å². The zero-order valence-electron chi connectivity index (χ0n) is 22.4. The van der Waals surface area contributed by atoms with Crippen LogP contribution in [0.5, 0.6) is 0 Å². The zero-order chi connectivity index (χ0) is 25.5. The van der Waals surface area contributed by atoms with Crippen LogP contribution >= 0.6 is 0 Å². The van der Waals surface area contributed by atoms with Gasteiger partial charge in [0.15, 0.2) is 0 Å². The van der Waals surface area contributed by atoms with Gasteiger partial charge in [0, 0.05) is 0 Å². The quantitative estimate of drug-likeness (QED) is 0.263. The molecule has 0 spiro atoms. The molecule has 0 bridgehead atoms. The molecular weight excluding hydrogens is 583 g/mol. The molecule has 0 N–H and O–H groups in total. The van der Waals surface area contributed by atoms with Gasteiger partial charge < -0.3 is 24.8 Å². The van der Waals surface area contributed by atoms with Gasteiger partial charge in [-0.1, -0.05) is 50.1 Å². The van der Waals surface area contributed by atoms with E-state index in [-0.39, 0.29) is 24.8 Å². The summed E-state index contributed by atoms with van der Waals surface area (Å²) in [7, 11) is 0. The van der Waals surface area contributed by atoms with E-state index >= 15 is 0 Å². The molecule has 5 aromatic carbocycles. The van der Waals surface area contributed by atoms with Crippen molar-refractivity contribution < 1.29 is 49.0 Å². The maximum absolute atomic E-state index is 3.45.